The molecule has 0 atom stereocenters. The Hall–Kier alpha value is -0.800. The molecule has 0 fully saturated rings. The monoisotopic (exact) mass is 224 g/mol. The number of nitrogens with one attached hydrogen (secondary N) is 1. The lowest BCUT2D eigenvalue weighted by Gasteiger charge is -2.18. The highest BCUT2D eigenvalue weighted by Gasteiger charge is 2.04. The molecule has 0 aliphatic rings. The fourth-order valence-electron chi connectivity index (χ4n) is 1.70. The zero-order valence-electron chi connectivity index (χ0n) is 10.5. The summed E-state index contributed by atoms with van der Waals surface area (Å²) in [5.41, 5.74) is 0. The van der Waals surface area contributed by atoms with E-state index in [2.05, 4.69) is 24.1 Å². The van der Waals surface area contributed by atoms with Crippen LogP contribution in [0.1, 0.15) is 32.4 Å². The number of hydrogen-bond acceptors (Lipinski definition) is 3. The normalized spacial score (nSPS) is 11.2. The van der Waals surface area contributed by atoms with Gasteiger partial charge in [-0.05, 0) is 51.2 Å². The van der Waals surface area contributed by atoms with Crippen LogP contribution in [-0.4, -0.2) is 31.1 Å². The summed E-state index contributed by atoms with van der Waals surface area (Å²) in [5, 5.41) is 3.42. The highest BCUT2D eigenvalue weighted by atomic mass is 16.3. The number of rotatable bonds is 9. The third kappa shape index (κ3) is 5.33. The second-order valence-electron chi connectivity index (χ2n) is 4.05. The predicted octanol–water partition coefficient (Wildman–Crippen LogP) is 2.49. The predicted molar refractivity (Wildman–Crippen MR) is 67.4 cm³/mol. The van der Waals surface area contributed by atoms with Gasteiger partial charge < -0.3 is 9.73 Å². The van der Waals surface area contributed by atoms with Gasteiger partial charge in [-0.1, -0.05) is 13.8 Å². The van der Waals surface area contributed by atoms with E-state index in [1.165, 1.54) is 12.8 Å². The summed E-state index contributed by atoms with van der Waals surface area (Å²) in [7, 11) is 0. The molecule has 1 aromatic rings. The molecule has 3 nitrogen and oxygen atoms in total. The molecule has 0 radical (unpaired) electrons. The molecule has 0 aliphatic heterocycles. The number of nitrogens with zero attached hydrogens (tertiary/aromatic N) is 1. The molecule has 1 aromatic heterocycles. The first-order chi connectivity index (χ1) is 7.86. The Bertz CT molecular complexity index is 246. The first-order valence-electron chi connectivity index (χ1n) is 6.32. The van der Waals surface area contributed by atoms with Crippen molar-refractivity contribution in [3.05, 3.63) is 24.2 Å². The fraction of sp³-hybridized carbons (Fsp3) is 0.692. The minimum atomic E-state index is 0.928. The van der Waals surface area contributed by atoms with Crippen LogP contribution >= 0.6 is 0 Å². The third-order valence-corrected chi connectivity index (χ3v) is 2.66. The first kappa shape index (κ1) is 13.3. The van der Waals surface area contributed by atoms with Gasteiger partial charge in [0.1, 0.15) is 5.76 Å². The van der Waals surface area contributed by atoms with Crippen molar-refractivity contribution in [1.29, 1.82) is 0 Å². The van der Waals surface area contributed by atoms with E-state index >= 15 is 0 Å². The molecule has 1 N–H and O–H groups in total. The zero-order valence-corrected chi connectivity index (χ0v) is 10.5. The summed E-state index contributed by atoms with van der Waals surface area (Å²) in [5.74, 6) is 1.06. The maximum atomic E-state index is 5.35. The van der Waals surface area contributed by atoms with E-state index in [0.717, 1.165) is 38.5 Å². The second-order valence-corrected chi connectivity index (χ2v) is 4.05. The van der Waals surface area contributed by atoms with E-state index in [0.29, 0.717) is 0 Å². The molecule has 16 heavy (non-hydrogen) atoms. The Morgan fingerprint density at radius 1 is 1.31 bits per heavy atom. The molecule has 0 aromatic carbocycles. The third-order valence-electron chi connectivity index (χ3n) is 2.66. The SMILES string of the molecule is CCCNCCCN(CC)Cc1ccco1. The molecule has 0 amide bonds. The van der Waals surface area contributed by atoms with Gasteiger partial charge in [0, 0.05) is 0 Å². The van der Waals surface area contributed by atoms with Crippen LogP contribution in [0.25, 0.3) is 0 Å². The summed E-state index contributed by atoms with van der Waals surface area (Å²) in [6.45, 7) is 9.77. The van der Waals surface area contributed by atoms with Crippen molar-refractivity contribution in [3.8, 4) is 0 Å². The zero-order chi connectivity index (χ0) is 11.6. The summed E-state index contributed by atoms with van der Waals surface area (Å²) in [4.78, 5) is 2.41. The topological polar surface area (TPSA) is 28.4 Å². The smallest absolute Gasteiger partial charge is 0.117 e. The van der Waals surface area contributed by atoms with Crippen LogP contribution in [0.3, 0.4) is 0 Å². The van der Waals surface area contributed by atoms with E-state index in [-0.39, 0.29) is 0 Å². The summed E-state index contributed by atoms with van der Waals surface area (Å²) >= 11 is 0. The number of hydrogen-bond donors (Lipinski definition) is 1. The molecule has 0 saturated carbocycles. The van der Waals surface area contributed by atoms with Crippen LogP contribution in [0.5, 0.6) is 0 Å². The lowest BCUT2D eigenvalue weighted by Crippen LogP contribution is -2.27. The van der Waals surface area contributed by atoms with Gasteiger partial charge in [0.2, 0.25) is 0 Å². The van der Waals surface area contributed by atoms with Gasteiger partial charge in [-0.3, -0.25) is 4.90 Å². The van der Waals surface area contributed by atoms with Gasteiger partial charge in [-0.25, -0.2) is 0 Å². The molecular formula is C13H24N2O. The van der Waals surface area contributed by atoms with Crippen molar-refractivity contribution in [2.24, 2.45) is 0 Å². The van der Waals surface area contributed by atoms with Crippen LogP contribution in [0.15, 0.2) is 22.8 Å². The molecule has 92 valence electrons. The van der Waals surface area contributed by atoms with Gasteiger partial charge in [0.05, 0.1) is 12.8 Å². The van der Waals surface area contributed by atoms with Crippen molar-refractivity contribution < 1.29 is 4.42 Å². The Morgan fingerprint density at radius 2 is 2.19 bits per heavy atom. The van der Waals surface area contributed by atoms with Crippen LogP contribution in [0.4, 0.5) is 0 Å². The molecule has 0 unspecified atom stereocenters. The van der Waals surface area contributed by atoms with Gasteiger partial charge >= 0.3 is 0 Å². The van der Waals surface area contributed by atoms with Crippen LogP contribution in [-0.2, 0) is 6.54 Å². The second kappa shape index (κ2) is 8.36. The van der Waals surface area contributed by atoms with Gasteiger partial charge in [0.25, 0.3) is 0 Å². The maximum Gasteiger partial charge on any atom is 0.117 e. The lowest BCUT2D eigenvalue weighted by molar-refractivity contribution is 0.252. The van der Waals surface area contributed by atoms with Crippen LogP contribution in [0, 0.1) is 0 Å². The van der Waals surface area contributed by atoms with E-state index in [4.69, 9.17) is 4.42 Å². The molecule has 1 heterocycles. The minimum Gasteiger partial charge on any atom is -0.468 e. The van der Waals surface area contributed by atoms with E-state index in [1.54, 1.807) is 6.26 Å². The first-order valence-corrected chi connectivity index (χ1v) is 6.32. The summed E-state index contributed by atoms with van der Waals surface area (Å²) < 4.78 is 5.35. The van der Waals surface area contributed by atoms with Crippen molar-refractivity contribution in [2.75, 3.05) is 26.2 Å². The van der Waals surface area contributed by atoms with E-state index in [9.17, 15) is 0 Å². The average molecular weight is 224 g/mol. The minimum absolute atomic E-state index is 0.928. The average Bonchev–Trinajstić information content (AvgIpc) is 2.80. The molecule has 1 rings (SSSR count). The molecule has 0 aliphatic carbocycles. The van der Waals surface area contributed by atoms with Gasteiger partial charge in [0.15, 0.2) is 0 Å². The van der Waals surface area contributed by atoms with Crippen LogP contribution < -0.4 is 5.32 Å². The van der Waals surface area contributed by atoms with Crippen molar-refractivity contribution in [2.45, 2.75) is 33.2 Å². The largest absolute Gasteiger partial charge is 0.468 e. The molecule has 0 spiro atoms. The molecular weight excluding hydrogens is 200 g/mol. The Balaban J connectivity index is 2.12. The Labute approximate surface area is 98.8 Å². The fourth-order valence-corrected chi connectivity index (χ4v) is 1.70. The lowest BCUT2D eigenvalue weighted by atomic mass is 10.3. The van der Waals surface area contributed by atoms with Crippen molar-refractivity contribution >= 4 is 0 Å². The number of furan rings is 1. The standard InChI is InChI=1S/C13H24N2O/c1-3-8-14-9-6-10-15(4-2)12-13-7-5-11-16-13/h5,7,11,14H,3-4,6,8-10,12H2,1-2H3. The summed E-state index contributed by atoms with van der Waals surface area (Å²) in [6.07, 6.45) is 4.16. The van der Waals surface area contributed by atoms with E-state index in [1.807, 2.05) is 12.1 Å². The molecule has 3 heteroatoms. The quantitative estimate of drug-likeness (QED) is 0.653. The van der Waals surface area contributed by atoms with Crippen molar-refractivity contribution in [1.82, 2.24) is 10.2 Å². The van der Waals surface area contributed by atoms with Gasteiger partial charge in [-0.2, -0.15) is 0 Å². The van der Waals surface area contributed by atoms with Crippen molar-refractivity contribution in [3.63, 3.8) is 0 Å². The molecule has 0 bridgehead atoms. The van der Waals surface area contributed by atoms with Gasteiger partial charge in [-0.15, -0.1) is 0 Å². The molecule has 0 saturated heterocycles. The Morgan fingerprint density at radius 3 is 2.81 bits per heavy atom. The highest BCUT2D eigenvalue weighted by molar-refractivity contribution is 4.97. The van der Waals surface area contributed by atoms with E-state index < -0.39 is 0 Å². The highest BCUT2D eigenvalue weighted by Crippen LogP contribution is 2.05. The Kier molecular flexibility index (Phi) is 6.93. The summed E-state index contributed by atoms with van der Waals surface area (Å²) in [6, 6.07) is 3.99. The van der Waals surface area contributed by atoms with Crippen LogP contribution in [0.2, 0.25) is 0 Å². The maximum absolute atomic E-state index is 5.35.